The lowest BCUT2D eigenvalue weighted by atomic mass is 9.92. The van der Waals surface area contributed by atoms with Crippen LogP contribution in [-0.2, 0) is 0 Å². The second-order valence-electron chi connectivity index (χ2n) is 23.8. The van der Waals surface area contributed by atoms with E-state index < -0.39 is 0 Å². The summed E-state index contributed by atoms with van der Waals surface area (Å²) in [4.78, 5) is 4.86. The highest BCUT2D eigenvalue weighted by molar-refractivity contribution is 7.26. The van der Waals surface area contributed by atoms with Crippen LogP contribution in [0.4, 0.5) is 34.1 Å². The van der Waals surface area contributed by atoms with Crippen molar-refractivity contribution in [3.05, 3.63) is 291 Å². The summed E-state index contributed by atoms with van der Waals surface area (Å²) in [7, 11) is 0. The molecule has 20 rings (SSSR count). The van der Waals surface area contributed by atoms with Gasteiger partial charge >= 0.3 is 0 Å². The van der Waals surface area contributed by atoms with Crippen molar-refractivity contribution in [2.24, 2.45) is 0 Å². The second kappa shape index (κ2) is 18.5. The van der Waals surface area contributed by atoms with Gasteiger partial charge in [0.15, 0.2) is 5.58 Å². The lowest BCUT2D eigenvalue weighted by molar-refractivity contribution is 0.668. The molecule has 0 unspecified atom stereocenters. The van der Waals surface area contributed by atoms with Gasteiger partial charge in [-0.25, -0.2) is 0 Å². The van der Waals surface area contributed by atoms with Crippen LogP contribution < -0.4 is 9.80 Å². The van der Waals surface area contributed by atoms with Crippen LogP contribution in [0.25, 0.3) is 161 Å². The van der Waals surface area contributed by atoms with Crippen LogP contribution in [-0.4, -0.2) is 0 Å². The third-order valence-corrected chi connectivity index (χ3v) is 20.3. The molecule has 412 valence electrons. The van der Waals surface area contributed by atoms with Crippen molar-refractivity contribution in [2.45, 2.75) is 0 Å². The Morgan fingerprint density at radius 3 is 1.03 bits per heavy atom. The molecular formula is C84H48N2O2S. The number of para-hydroxylation sites is 3. The average Bonchev–Trinajstić information content (AvgIpc) is 2.39. The van der Waals surface area contributed by atoms with Crippen molar-refractivity contribution in [1.29, 1.82) is 0 Å². The van der Waals surface area contributed by atoms with E-state index in [0.717, 1.165) is 78.0 Å². The van der Waals surface area contributed by atoms with Gasteiger partial charge < -0.3 is 18.6 Å². The molecular weight excluding hydrogens is 1100 g/mol. The van der Waals surface area contributed by atoms with Gasteiger partial charge in [-0.3, -0.25) is 0 Å². The summed E-state index contributed by atoms with van der Waals surface area (Å²) in [6, 6.07) is 107. The van der Waals surface area contributed by atoms with Gasteiger partial charge in [0.25, 0.3) is 0 Å². The normalized spacial score (nSPS) is 12.3. The fourth-order valence-electron chi connectivity index (χ4n) is 15.2. The number of benzene rings is 17. The molecule has 4 nitrogen and oxygen atoms in total. The maximum atomic E-state index is 6.88. The van der Waals surface area contributed by atoms with Crippen molar-refractivity contribution in [1.82, 2.24) is 0 Å². The summed E-state index contributed by atoms with van der Waals surface area (Å²) in [6.45, 7) is 0. The molecule has 0 aliphatic heterocycles. The Morgan fingerprint density at radius 1 is 0.191 bits per heavy atom. The van der Waals surface area contributed by atoms with Crippen LogP contribution in [0, 0.1) is 0 Å². The summed E-state index contributed by atoms with van der Waals surface area (Å²) < 4.78 is 15.8. The molecule has 0 fully saturated rings. The van der Waals surface area contributed by atoms with Gasteiger partial charge in [0.05, 0.1) is 5.69 Å². The smallest absolute Gasteiger partial charge is 0.159 e. The average molecular weight is 1150 g/mol. The molecule has 0 amide bonds. The van der Waals surface area contributed by atoms with Crippen molar-refractivity contribution in [3.63, 3.8) is 0 Å². The predicted molar refractivity (Wildman–Crippen MR) is 381 cm³/mol. The van der Waals surface area contributed by atoms with Gasteiger partial charge in [-0.05, 0) is 200 Å². The maximum absolute atomic E-state index is 6.88. The lowest BCUT2D eigenvalue weighted by Crippen LogP contribution is -2.10. The molecule has 0 saturated heterocycles. The molecule has 0 N–H and O–H groups in total. The molecule has 0 radical (unpaired) electrons. The number of furan rings is 2. The van der Waals surface area contributed by atoms with E-state index in [1.165, 1.54) is 117 Å². The van der Waals surface area contributed by atoms with E-state index in [-0.39, 0.29) is 0 Å². The van der Waals surface area contributed by atoms with Crippen molar-refractivity contribution >= 4 is 206 Å². The minimum atomic E-state index is 0.857. The molecule has 17 aromatic carbocycles. The molecule has 0 aliphatic carbocycles. The first-order valence-corrected chi connectivity index (χ1v) is 31.3. The molecule has 0 atom stereocenters. The number of nitrogens with zero attached hydrogens (tertiary/aromatic N) is 2. The first-order chi connectivity index (χ1) is 44.1. The van der Waals surface area contributed by atoms with Crippen LogP contribution in [0.1, 0.15) is 0 Å². The fourth-order valence-corrected chi connectivity index (χ4v) is 16.3. The van der Waals surface area contributed by atoms with Crippen LogP contribution in [0.5, 0.6) is 0 Å². The Labute approximate surface area is 513 Å². The van der Waals surface area contributed by atoms with E-state index in [1.807, 2.05) is 17.4 Å². The zero-order chi connectivity index (χ0) is 58.0. The lowest BCUT2D eigenvalue weighted by Gasteiger charge is -2.27. The molecule has 0 saturated carbocycles. The van der Waals surface area contributed by atoms with Gasteiger partial charge in [-0.1, -0.05) is 188 Å². The van der Waals surface area contributed by atoms with E-state index in [4.69, 9.17) is 8.83 Å². The quantitative estimate of drug-likeness (QED) is 0.155. The Hall–Kier alpha value is -11.5. The molecule has 0 bridgehead atoms. The van der Waals surface area contributed by atoms with Gasteiger partial charge in [0.2, 0.25) is 0 Å². The monoisotopic (exact) mass is 1150 g/mol. The number of fused-ring (bicyclic) bond motifs is 27. The highest BCUT2D eigenvalue weighted by atomic mass is 32.1. The van der Waals surface area contributed by atoms with Gasteiger partial charge in [-0.2, -0.15) is 0 Å². The molecule has 3 aromatic heterocycles. The van der Waals surface area contributed by atoms with Crippen molar-refractivity contribution < 1.29 is 8.83 Å². The molecule has 3 heterocycles. The number of hydrogen-bond acceptors (Lipinski definition) is 5. The molecule has 5 heteroatoms. The van der Waals surface area contributed by atoms with Gasteiger partial charge in [0.1, 0.15) is 16.7 Å². The SMILES string of the molecule is c1ccc2c(c1)oc1ccc(N(c3ccc4c5ccccc5c5ccccc5c4c3)c3ccc4c(c3)c3ccccc3c3cc5c(cc43)sc3ccc(N(c4ccc6c7ccccc7c7ccccc7c6c4)c4cccc6c4oc4ccccc46)cc35)cc12. The Bertz CT molecular complexity index is 6400. The summed E-state index contributed by atoms with van der Waals surface area (Å²) in [5.41, 5.74) is 9.80. The first-order valence-electron chi connectivity index (χ1n) is 30.4. The molecule has 89 heavy (non-hydrogen) atoms. The largest absolute Gasteiger partial charge is 0.456 e. The summed E-state index contributed by atoms with van der Waals surface area (Å²) in [5.74, 6) is 0. The zero-order valence-corrected chi connectivity index (χ0v) is 48.6. The standard InChI is InChI=1S/C84H48N2O2S/c1-3-20-58-54(16-1)56-18-5-7-22-60(56)70-42-49(32-37-64(58)70)85(51-35-40-81-75(45-51)68-27-12-13-30-79(68)87-81)50-33-39-66-72(43-50)62-24-9-10-25-63(62)73-47-77-76-46-53(36-41-82(76)89-83(77)48-74(66)73)86(78-29-15-28-69-67-26-11-14-31-80(67)88-84(69)78)52-34-38-65-59-21-4-2-17-55(59)57-19-6-8-23-61(57)71(65)44-52/h1-48H. The summed E-state index contributed by atoms with van der Waals surface area (Å²) >= 11 is 1.87. The molecule has 0 spiro atoms. The van der Waals surface area contributed by atoms with E-state index in [1.54, 1.807) is 0 Å². The Morgan fingerprint density at radius 2 is 0.517 bits per heavy atom. The number of hydrogen-bond donors (Lipinski definition) is 0. The first kappa shape index (κ1) is 48.7. The number of anilines is 6. The van der Waals surface area contributed by atoms with Crippen LogP contribution in [0.3, 0.4) is 0 Å². The van der Waals surface area contributed by atoms with E-state index in [0.29, 0.717) is 0 Å². The predicted octanol–water partition coefficient (Wildman–Crippen LogP) is 25.2. The molecule has 20 aromatic rings. The van der Waals surface area contributed by atoms with Gasteiger partial charge in [0, 0.05) is 70.2 Å². The Balaban J connectivity index is 0.789. The van der Waals surface area contributed by atoms with E-state index in [9.17, 15) is 0 Å². The Kier molecular flexibility index (Phi) is 10.1. The van der Waals surface area contributed by atoms with Crippen LogP contribution in [0.15, 0.2) is 300 Å². The van der Waals surface area contributed by atoms with Crippen molar-refractivity contribution in [3.8, 4) is 0 Å². The minimum absolute atomic E-state index is 0.857. The topological polar surface area (TPSA) is 32.8 Å². The zero-order valence-electron chi connectivity index (χ0n) is 47.8. The van der Waals surface area contributed by atoms with Crippen molar-refractivity contribution in [2.75, 3.05) is 9.80 Å². The minimum Gasteiger partial charge on any atom is -0.456 e. The fraction of sp³-hybridized carbons (Fsp3) is 0. The van der Waals surface area contributed by atoms with Crippen LogP contribution >= 0.6 is 11.3 Å². The summed E-state index contributed by atoms with van der Waals surface area (Å²) in [6.07, 6.45) is 0. The third kappa shape index (κ3) is 7.10. The maximum Gasteiger partial charge on any atom is 0.159 e. The molecule has 0 aliphatic rings. The highest BCUT2D eigenvalue weighted by Crippen LogP contribution is 2.50. The summed E-state index contributed by atoms with van der Waals surface area (Å²) in [5, 5.41) is 29.1. The number of thiophene rings is 1. The van der Waals surface area contributed by atoms with E-state index >= 15 is 0 Å². The van der Waals surface area contributed by atoms with Gasteiger partial charge in [-0.15, -0.1) is 11.3 Å². The third-order valence-electron chi connectivity index (χ3n) is 19.1. The van der Waals surface area contributed by atoms with Crippen LogP contribution in [0.2, 0.25) is 0 Å². The second-order valence-corrected chi connectivity index (χ2v) is 24.9. The number of rotatable bonds is 6. The highest BCUT2D eigenvalue weighted by Gasteiger charge is 2.24. The van der Waals surface area contributed by atoms with E-state index in [2.05, 4.69) is 295 Å².